The molecule has 0 spiro atoms. The van der Waals surface area contributed by atoms with E-state index in [9.17, 15) is 9.59 Å². The molecule has 0 heterocycles. The van der Waals surface area contributed by atoms with E-state index in [1.54, 1.807) is 0 Å². The van der Waals surface area contributed by atoms with Crippen LogP contribution in [-0.4, -0.2) is 33.4 Å². The number of allylic oxidation sites excluding steroid dienone is 2. The van der Waals surface area contributed by atoms with Gasteiger partial charge in [0, 0.05) is 17.7 Å². The Bertz CT molecular complexity index is 522. The van der Waals surface area contributed by atoms with Gasteiger partial charge < -0.3 is 4.12 Å². The molecular weight excluding hydrogens is 427 g/mol. The van der Waals surface area contributed by atoms with Crippen molar-refractivity contribution in [1.82, 2.24) is 0 Å². The molecule has 0 fully saturated rings. The molecule has 0 saturated carbocycles. The molecule has 8 heteroatoms. The molecule has 2 unspecified atom stereocenters. The maximum absolute atomic E-state index is 11.1. The van der Waals surface area contributed by atoms with Crippen LogP contribution in [0.3, 0.4) is 0 Å². The Balaban J connectivity index is 2.78. The Hall–Kier alpha value is 0.344. The second-order valence-corrected chi connectivity index (χ2v) is 16.4. The van der Waals surface area contributed by atoms with Gasteiger partial charge in [0.25, 0.3) is 0 Å². The minimum Gasteiger partial charge on any atom is -0.461 e. The summed E-state index contributed by atoms with van der Waals surface area (Å²) < 4.78 is 6.21. The van der Waals surface area contributed by atoms with E-state index in [1.807, 2.05) is 0 Å². The predicted molar refractivity (Wildman–Crippen MR) is 117 cm³/mol. The van der Waals surface area contributed by atoms with Crippen molar-refractivity contribution >= 4 is 63.4 Å². The topological polar surface area (TPSA) is 43.4 Å². The molecule has 0 bridgehead atoms. The Kier molecular flexibility index (Phi) is 10.1. The highest BCUT2D eigenvalue weighted by Crippen LogP contribution is 2.48. The van der Waals surface area contributed by atoms with Crippen molar-refractivity contribution in [2.45, 2.75) is 81.9 Å². The highest BCUT2D eigenvalue weighted by atomic mass is 35.5. The fraction of sp³-hybridized carbons (Fsp3) is 0.778. The van der Waals surface area contributed by atoms with E-state index in [0.29, 0.717) is 19.3 Å². The standard InChI is InChI=1S/C18H31Cl3O3Si2/c1-26(2,3)24-25-14-17(9-4-7-15(19)22)10-6-12-18(21,13-17)11-5-8-16(20)23/h6,10H,4-5,7-9,11-14,25H2,1-3H3. The molecular formula is C18H31Cl3O3Si2. The van der Waals surface area contributed by atoms with Crippen LogP contribution in [0.4, 0.5) is 0 Å². The SMILES string of the molecule is C[Si](C)(C)O[SiH2]CC1(CCCC(=O)Cl)C=CCC(Cl)(CCCC(=O)Cl)C1. The van der Waals surface area contributed by atoms with Gasteiger partial charge >= 0.3 is 0 Å². The van der Waals surface area contributed by atoms with E-state index in [4.69, 9.17) is 38.9 Å². The van der Waals surface area contributed by atoms with Crippen molar-refractivity contribution in [2.24, 2.45) is 5.41 Å². The third-order valence-electron chi connectivity index (χ3n) is 4.81. The van der Waals surface area contributed by atoms with Crippen LogP contribution in [0.15, 0.2) is 12.2 Å². The van der Waals surface area contributed by atoms with Crippen LogP contribution in [0.1, 0.15) is 51.4 Å². The summed E-state index contributed by atoms with van der Waals surface area (Å²) in [6.45, 7) is 6.64. The maximum atomic E-state index is 11.1. The molecule has 0 aromatic heterocycles. The van der Waals surface area contributed by atoms with Crippen LogP contribution >= 0.6 is 34.8 Å². The van der Waals surface area contributed by atoms with Crippen LogP contribution in [0.25, 0.3) is 0 Å². The van der Waals surface area contributed by atoms with E-state index in [-0.39, 0.29) is 20.8 Å². The van der Waals surface area contributed by atoms with E-state index in [0.717, 1.165) is 38.1 Å². The summed E-state index contributed by atoms with van der Waals surface area (Å²) in [7, 11) is -2.18. The number of hydrogen-bond donors (Lipinski definition) is 0. The Morgan fingerprint density at radius 1 is 1.12 bits per heavy atom. The lowest BCUT2D eigenvalue weighted by molar-refractivity contribution is -0.112. The zero-order valence-corrected chi connectivity index (χ0v) is 20.8. The molecule has 150 valence electrons. The van der Waals surface area contributed by atoms with Gasteiger partial charge in [0.2, 0.25) is 10.5 Å². The molecule has 1 aliphatic carbocycles. The van der Waals surface area contributed by atoms with E-state index in [1.165, 1.54) is 0 Å². The van der Waals surface area contributed by atoms with Gasteiger partial charge in [-0.2, -0.15) is 0 Å². The zero-order chi connectivity index (χ0) is 19.8. The van der Waals surface area contributed by atoms with E-state index in [2.05, 4.69) is 31.8 Å². The summed E-state index contributed by atoms with van der Waals surface area (Å²) in [4.78, 5) is 21.8. The molecule has 0 amide bonds. The normalized spacial score (nSPS) is 26.5. The van der Waals surface area contributed by atoms with Crippen LogP contribution in [-0.2, 0) is 13.7 Å². The van der Waals surface area contributed by atoms with Gasteiger partial charge in [0.1, 0.15) is 9.76 Å². The highest BCUT2D eigenvalue weighted by molar-refractivity contribution is 6.73. The molecule has 2 atom stereocenters. The summed E-state index contributed by atoms with van der Waals surface area (Å²) in [5.74, 6) is 0. The first-order valence-corrected chi connectivity index (χ1v) is 15.4. The first-order chi connectivity index (χ1) is 12.0. The number of rotatable bonds is 12. The third-order valence-corrected chi connectivity index (χ3v) is 11.1. The van der Waals surface area contributed by atoms with Gasteiger partial charge in [0.05, 0.1) is 0 Å². The van der Waals surface area contributed by atoms with Gasteiger partial charge in [-0.15, -0.1) is 11.6 Å². The lowest BCUT2D eigenvalue weighted by atomic mass is 9.70. The average molecular weight is 458 g/mol. The Morgan fingerprint density at radius 2 is 1.69 bits per heavy atom. The summed E-state index contributed by atoms with van der Waals surface area (Å²) in [5.41, 5.74) is -0.0246. The van der Waals surface area contributed by atoms with Crippen molar-refractivity contribution < 1.29 is 13.7 Å². The van der Waals surface area contributed by atoms with Crippen LogP contribution in [0, 0.1) is 5.41 Å². The fourth-order valence-corrected chi connectivity index (χ4v) is 8.24. The van der Waals surface area contributed by atoms with Crippen molar-refractivity contribution in [2.75, 3.05) is 0 Å². The highest BCUT2D eigenvalue weighted by Gasteiger charge is 2.40. The second kappa shape index (κ2) is 10.8. The number of halogens is 3. The first kappa shape index (κ1) is 24.4. The monoisotopic (exact) mass is 456 g/mol. The average Bonchev–Trinajstić information content (AvgIpc) is 2.44. The number of alkyl halides is 1. The fourth-order valence-electron chi connectivity index (χ4n) is 3.63. The predicted octanol–water partition coefficient (Wildman–Crippen LogP) is 5.53. The smallest absolute Gasteiger partial charge is 0.221 e. The van der Waals surface area contributed by atoms with E-state index < -0.39 is 18.1 Å². The summed E-state index contributed by atoms with van der Waals surface area (Å²) in [5, 5.41) is -0.590. The lowest BCUT2D eigenvalue weighted by Gasteiger charge is -2.42. The summed E-state index contributed by atoms with van der Waals surface area (Å²) >= 11 is 17.9. The maximum Gasteiger partial charge on any atom is 0.221 e. The number of hydrogen-bond acceptors (Lipinski definition) is 3. The van der Waals surface area contributed by atoms with Crippen LogP contribution in [0.2, 0.25) is 25.7 Å². The second-order valence-electron chi connectivity index (χ2n) is 8.42. The first-order valence-electron chi connectivity index (χ1n) is 9.33. The molecule has 1 aliphatic rings. The van der Waals surface area contributed by atoms with Gasteiger partial charge in [-0.25, -0.2) is 0 Å². The Morgan fingerprint density at radius 3 is 2.23 bits per heavy atom. The van der Waals surface area contributed by atoms with Gasteiger partial charge in [-0.1, -0.05) is 12.2 Å². The van der Waals surface area contributed by atoms with Gasteiger partial charge in [-0.05, 0) is 92.8 Å². The molecule has 1 rings (SSSR count). The van der Waals surface area contributed by atoms with Crippen molar-refractivity contribution in [3.63, 3.8) is 0 Å². The van der Waals surface area contributed by atoms with Crippen LogP contribution in [0.5, 0.6) is 0 Å². The molecule has 0 aromatic carbocycles. The molecule has 0 aliphatic heterocycles. The molecule has 3 nitrogen and oxygen atoms in total. The Labute approximate surface area is 176 Å². The number of carbonyl (C=O) groups excluding carboxylic acids is 2. The van der Waals surface area contributed by atoms with Crippen molar-refractivity contribution in [3.8, 4) is 0 Å². The third kappa shape index (κ3) is 10.0. The minimum atomic E-state index is -1.52. The van der Waals surface area contributed by atoms with Crippen LogP contribution < -0.4 is 0 Å². The van der Waals surface area contributed by atoms with Crippen molar-refractivity contribution in [1.29, 1.82) is 0 Å². The van der Waals surface area contributed by atoms with E-state index >= 15 is 0 Å². The van der Waals surface area contributed by atoms with Gasteiger partial charge in [0.15, 0.2) is 8.32 Å². The number of carbonyl (C=O) groups is 2. The summed E-state index contributed by atoms with van der Waals surface area (Å²) in [6.07, 6.45) is 10.0. The minimum absolute atomic E-state index is 0.0246. The largest absolute Gasteiger partial charge is 0.461 e. The zero-order valence-electron chi connectivity index (χ0n) is 16.1. The van der Waals surface area contributed by atoms with Crippen molar-refractivity contribution in [3.05, 3.63) is 12.2 Å². The molecule has 0 N–H and O–H groups in total. The molecule has 26 heavy (non-hydrogen) atoms. The molecule has 0 radical (unpaired) electrons. The molecule has 0 saturated heterocycles. The lowest BCUT2D eigenvalue weighted by Crippen LogP contribution is -2.37. The summed E-state index contributed by atoms with van der Waals surface area (Å²) in [6, 6.07) is 1.02. The quantitative estimate of drug-likeness (QED) is 0.167. The molecule has 0 aromatic rings. The van der Waals surface area contributed by atoms with Gasteiger partial charge in [-0.3, -0.25) is 9.59 Å².